The summed E-state index contributed by atoms with van der Waals surface area (Å²) >= 11 is 3.40. The van der Waals surface area contributed by atoms with Gasteiger partial charge in [-0.25, -0.2) is 0 Å². The Morgan fingerprint density at radius 1 is 1.45 bits per heavy atom. The van der Waals surface area contributed by atoms with Gasteiger partial charge in [-0.15, -0.1) is 0 Å². The third-order valence-corrected chi connectivity index (χ3v) is 4.95. The quantitative estimate of drug-likeness (QED) is 0.862. The summed E-state index contributed by atoms with van der Waals surface area (Å²) in [7, 11) is 0. The van der Waals surface area contributed by atoms with Gasteiger partial charge in [0.25, 0.3) is 0 Å². The topological polar surface area (TPSA) is 50.2 Å². The van der Waals surface area contributed by atoms with E-state index in [2.05, 4.69) is 27.8 Å². The molecule has 1 heterocycles. The Morgan fingerprint density at radius 3 is 2.70 bits per heavy atom. The summed E-state index contributed by atoms with van der Waals surface area (Å²) in [5, 5.41) is 9.70. The standard InChI is InChI=1S/C16H22BrNO2/c1-2-3-12-4-6-16(7-5-12,15(19)20)9-13-8-14(17)11-18-10-13/h8,10-12H,2-7,9H2,1H3,(H,19,20). The van der Waals surface area contributed by atoms with E-state index in [-0.39, 0.29) is 0 Å². The Kier molecular flexibility index (Phi) is 5.19. The fourth-order valence-corrected chi connectivity index (χ4v) is 3.75. The summed E-state index contributed by atoms with van der Waals surface area (Å²) in [6, 6.07) is 1.98. The molecule has 0 aliphatic heterocycles. The smallest absolute Gasteiger partial charge is 0.309 e. The molecule has 4 heteroatoms. The lowest BCUT2D eigenvalue weighted by Gasteiger charge is -2.37. The molecule has 2 rings (SSSR count). The van der Waals surface area contributed by atoms with Crippen molar-refractivity contribution in [1.29, 1.82) is 0 Å². The van der Waals surface area contributed by atoms with Gasteiger partial charge in [0.2, 0.25) is 0 Å². The molecule has 0 spiro atoms. The molecule has 0 aromatic carbocycles. The highest BCUT2D eigenvalue weighted by molar-refractivity contribution is 9.10. The van der Waals surface area contributed by atoms with Crippen LogP contribution in [0.2, 0.25) is 0 Å². The first-order valence-electron chi connectivity index (χ1n) is 7.38. The normalized spacial score (nSPS) is 26.4. The molecule has 1 N–H and O–H groups in total. The van der Waals surface area contributed by atoms with E-state index >= 15 is 0 Å². The lowest BCUT2D eigenvalue weighted by molar-refractivity contribution is -0.151. The van der Waals surface area contributed by atoms with Crippen LogP contribution in [0.15, 0.2) is 22.9 Å². The third-order valence-electron chi connectivity index (χ3n) is 4.52. The van der Waals surface area contributed by atoms with Crippen LogP contribution in [0.25, 0.3) is 0 Å². The van der Waals surface area contributed by atoms with Crippen LogP contribution in [0.5, 0.6) is 0 Å². The number of hydrogen-bond donors (Lipinski definition) is 1. The van der Waals surface area contributed by atoms with Crippen LogP contribution in [0.1, 0.15) is 51.0 Å². The lowest BCUT2D eigenvalue weighted by Crippen LogP contribution is -2.37. The first kappa shape index (κ1) is 15.5. The summed E-state index contributed by atoms with van der Waals surface area (Å²) in [6.07, 6.45) is 10.2. The molecule has 1 aromatic rings. The van der Waals surface area contributed by atoms with E-state index in [1.807, 2.05) is 6.07 Å². The Balaban J connectivity index is 2.10. The predicted octanol–water partition coefficient (Wildman–Crippen LogP) is 4.45. The Bertz CT molecular complexity index is 467. The average molecular weight is 340 g/mol. The molecule has 1 saturated carbocycles. The second-order valence-electron chi connectivity index (χ2n) is 6.01. The van der Waals surface area contributed by atoms with Gasteiger partial charge in [-0.05, 0) is 65.6 Å². The number of aliphatic carboxylic acids is 1. The number of halogens is 1. The van der Waals surface area contributed by atoms with Crippen LogP contribution in [-0.4, -0.2) is 16.1 Å². The van der Waals surface area contributed by atoms with Crippen molar-refractivity contribution in [2.75, 3.05) is 0 Å². The van der Waals surface area contributed by atoms with Crippen LogP contribution in [0, 0.1) is 11.3 Å². The van der Waals surface area contributed by atoms with Gasteiger partial charge in [-0.3, -0.25) is 9.78 Å². The number of carboxylic acid groups (broad SMARTS) is 1. The van der Waals surface area contributed by atoms with E-state index in [1.165, 1.54) is 12.8 Å². The van der Waals surface area contributed by atoms with Gasteiger partial charge in [0, 0.05) is 16.9 Å². The number of nitrogens with zero attached hydrogens (tertiary/aromatic N) is 1. The Labute approximate surface area is 128 Å². The Morgan fingerprint density at radius 2 is 2.15 bits per heavy atom. The maximum absolute atomic E-state index is 11.8. The average Bonchev–Trinajstić information content (AvgIpc) is 2.41. The molecule has 20 heavy (non-hydrogen) atoms. The zero-order chi connectivity index (χ0) is 14.6. The van der Waals surface area contributed by atoms with Gasteiger partial charge in [-0.1, -0.05) is 19.8 Å². The molecular weight excluding hydrogens is 318 g/mol. The van der Waals surface area contributed by atoms with Crippen molar-refractivity contribution in [3.8, 4) is 0 Å². The van der Waals surface area contributed by atoms with Gasteiger partial charge in [-0.2, -0.15) is 0 Å². The minimum Gasteiger partial charge on any atom is -0.481 e. The fraction of sp³-hybridized carbons (Fsp3) is 0.625. The maximum Gasteiger partial charge on any atom is 0.309 e. The van der Waals surface area contributed by atoms with E-state index in [4.69, 9.17) is 0 Å². The van der Waals surface area contributed by atoms with Crippen molar-refractivity contribution in [3.05, 3.63) is 28.5 Å². The highest BCUT2D eigenvalue weighted by Crippen LogP contribution is 2.43. The highest BCUT2D eigenvalue weighted by Gasteiger charge is 2.41. The largest absolute Gasteiger partial charge is 0.481 e. The maximum atomic E-state index is 11.8. The van der Waals surface area contributed by atoms with Gasteiger partial charge < -0.3 is 5.11 Å². The molecule has 0 saturated heterocycles. The number of hydrogen-bond acceptors (Lipinski definition) is 2. The van der Waals surface area contributed by atoms with Crippen LogP contribution < -0.4 is 0 Å². The van der Waals surface area contributed by atoms with Crippen molar-refractivity contribution < 1.29 is 9.90 Å². The molecule has 0 unspecified atom stereocenters. The molecule has 0 radical (unpaired) electrons. The van der Waals surface area contributed by atoms with Gasteiger partial charge in [0.05, 0.1) is 5.41 Å². The minimum atomic E-state index is -0.646. The molecule has 1 aromatic heterocycles. The molecule has 1 fully saturated rings. The molecule has 0 bridgehead atoms. The number of carboxylic acids is 1. The zero-order valence-corrected chi connectivity index (χ0v) is 13.5. The van der Waals surface area contributed by atoms with E-state index in [1.54, 1.807) is 12.4 Å². The molecule has 1 aliphatic carbocycles. The van der Waals surface area contributed by atoms with Crippen molar-refractivity contribution >= 4 is 21.9 Å². The van der Waals surface area contributed by atoms with Crippen molar-refractivity contribution in [3.63, 3.8) is 0 Å². The van der Waals surface area contributed by atoms with Crippen molar-refractivity contribution in [2.45, 2.75) is 51.9 Å². The number of carbonyl (C=O) groups is 1. The van der Waals surface area contributed by atoms with E-state index in [0.717, 1.165) is 35.7 Å². The van der Waals surface area contributed by atoms with Crippen molar-refractivity contribution in [2.24, 2.45) is 11.3 Å². The molecule has 0 amide bonds. The van der Waals surface area contributed by atoms with E-state index in [0.29, 0.717) is 12.3 Å². The third kappa shape index (κ3) is 3.60. The number of aromatic nitrogens is 1. The first-order valence-corrected chi connectivity index (χ1v) is 8.18. The monoisotopic (exact) mass is 339 g/mol. The molecular formula is C16H22BrNO2. The van der Waals surface area contributed by atoms with Crippen LogP contribution >= 0.6 is 15.9 Å². The molecule has 3 nitrogen and oxygen atoms in total. The predicted molar refractivity (Wildman–Crippen MR) is 82.6 cm³/mol. The SMILES string of the molecule is CCCC1CCC(Cc2cncc(Br)c2)(C(=O)O)CC1. The Hall–Kier alpha value is -0.900. The summed E-state index contributed by atoms with van der Waals surface area (Å²) < 4.78 is 0.912. The van der Waals surface area contributed by atoms with Crippen LogP contribution in [0.3, 0.4) is 0 Å². The van der Waals surface area contributed by atoms with Crippen LogP contribution in [0.4, 0.5) is 0 Å². The van der Waals surface area contributed by atoms with Gasteiger partial charge in [0.1, 0.15) is 0 Å². The zero-order valence-electron chi connectivity index (χ0n) is 11.9. The van der Waals surface area contributed by atoms with Gasteiger partial charge in [0.15, 0.2) is 0 Å². The summed E-state index contributed by atoms with van der Waals surface area (Å²) in [4.78, 5) is 15.9. The second-order valence-corrected chi connectivity index (χ2v) is 6.92. The molecule has 0 atom stereocenters. The van der Waals surface area contributed by atoms with Gasteiger partial charge >= 0.3 is 5.97 Å². The summed E-state index contributed by atoms with van der Waals surface area (Å²) in [5.41, 5.74) is 0.419. The van der Waals surface area contributed by atoms with Crippen LogP contribution in [-0.2, 0) is 11.2 Å². The first-order chi connectivity index (χ1) is 9.55. The summed E-state index contributed by atoms with van der Waals surface area (Å²) in [5.74, 6) is 0.0699. The molecule has 110 valence electrons. The minimum absolute atomic E-state index is 0.591. The van der Waals surface area contributed by atoms with Crippen molar-refractivity contribution in [1.82, 2.24) is 4.98 Å². The molecule has 1 aliphatic rings. The number of pyridine rings is 1. The van der Waals surface area contributed by atoms with E-state index in [9.17, 15) is 9.90 Å². The highest BCUT2D eigenvalue weighted by atomic mass is 79.9. The van der Waals surface area contributed by atoms with E-state index < -0.39 is 11.4 Å². The lowest BCUT2D eigenvalue weighted by atomic mass is 9.67. The fourth-order valence-electron chi connectivity index (χ4n) is 3.34. The number of rotatable bonds is 5. The summed E-state index contributed by atoms with van der Waals surface area (Å²) in [6.45, 7) is 2.20. The second kappa shape index (κ2) is 6.70.